The number of piperidine rings is 1. The molecule has 1 aliphatic heterocycles. The van der Waals surface area contributed by atoms with Crippen LogP contribution in [0.1, 0.15) is 40.8 Å². The summed E-state index contributed by atoms with van der Waals surface area (Å²) < 4.78 is 1.72. The standard InChI is InChI=1S/C14H19N7O/c1-9-6-12(18-17-10(9)2)20-5-3-4-11(7-20)21-8-16-14(19-21)13(15)22/h6,8,11H,3-5,7H2,1-2H3,(H2,15,22)/t11-/m0/s1. The molecule has 1 saturated heterocycles. The predicted molar refractivity (Wildman–Crippen MR) is 80.5 cm³/mol. The van der Waals surface area contributed by atoms with Gasteiger partial charge >= 0.3 is 0 Å². The van der Waals surface area contributed by atoms with Crippen LogP contribution in [-0.2, 0) is 0 Å². The van der Waals surface area contributed by atoms with Crippen LogP contribution in [0.4, 0.5) is 5.82 Å². The molecule has 8 nitrogen and oxygen atoms in total. The zero-order valence-corrected chi connectivity index (χ0v) is 12.7. The van der Waals surface area contributed by atoms with Gasteiger partial charge in [-0.15, -0.1) is 10.2 Å². The summed E-state index contributed by atoms with van der Waals surface area (Å²) in [4.78, 5) is 17.2. The summed E-state index contributed by atoms with van der Waals surface area (Å²) in [5.74, 6) is 0.331. The van der Waals surface area contributed by atoms with E-state index in [1.54, 1.807) is 11.0 Å². The number of nitrogens with two attached hydrogens (primary N) is 1. The monoisotopic (exact) mass is 301 g/mol. The SMILES string of the molecule is Cc1cc(N2CCC[C@H](n3cnc(C(N)=O)n3)C2)nnc1C. The van der Waals surface area contributed by atoms with Crippen molar-refractivity contribution in [2.75, 3.05) is 18.0 Å². The normalized spacial score (nSPS) is 18.5. The largest absolute Gasteiger partial charge is 0.363 e. The van der Waals surface area contributed by atoms with Gasteiger partial charge in [-0.25, -0.2) is 9.67 Å². The molecule has 1 amide bonds. The summed E-state index contributed by atoms with van der Waals surface area (Å²) in [6.07, 6.45) is 3.57. The Bertz CT molecular complexity index is 696. The van der Waals surface area contributed by atoms with Crippen molar-refractivity contribution >= 4 is 11.7 Å². The number of amides is 1. The molecule has 116 valence electrons. The van der Waals surface area contributed by atoms with E-state index in [1.807, 2.05) is 13.8 Å². The third kappa shape index (κ3) is 2.76. The lowest BCUT2D eigenvalue weighted by atomic mass is 10.1. The van der Waals surface area contributed by atoms with E-state index >= 15 is 0 Å². The molecular formula is C14H19N7O. The number of rotatable bonds is 3. The zero-order valence-electron chi connectivity index (χ0n) is 12.7. The van der Waals surface area contributed by atoms with Crippen LogP contribution in [0.3, 0.4) is 0 Å². The van der Waals surface area contributed by atoms with Crippen molar-refractivity contribution in [1.29, 1.82) is 0 Å². The molecule has 1 fully saturated rings. The molecule has 1 atom stereocenters. The van der Waals surface area contributed by atoms with E-state index in [2.05, 4.69) is 31.2 Å². The van der Waals surface area contributed by atoms with Gasteiger partial charge in [0.1, 0.15) is 6.33 Å². The summed E-state index contributed by atoms with van der Waals surface area (Å²) >= 11 is 0. The molecule has 0 saturated carbocycles. The van der Waals surface area contributed by atoms with Gasteiger partial charge in [0.05, 0.1) is 11.7 Å². The van der Waals surface area contributed by atoms with Crippen LogP contribution in [0.5, 0.6) is 0 Å². The molecule has 0 aliphatic carbocycles. The number of carbonyl (C=O) groups excluding carboxylic acids is 1. The van der Waals surface area contributed by atoms with Crippen LogP contribution in [0.15, 0.2) is 12.4 Å². The molecule has 3 heterocycles. The summed E-state index contributed by atoms with van der Waals surface area (Å²) in [6, 6.07) is 2.21. The smallest absolute Gasteiger partial charge is 0.288 e. The van der Waals surface area contributed by atoms with Crippen molar-refractivity contribution in [3.8, 4) is 0 Å². The Balaban J connectivity index is 1.78. The number of aromatic nitrogens is 5. The number of carbonyl (C=O) groups is 1. The fourth-order valence-electron chi connectivity index (χ4n) is 2.63. The molecule has 1 aliphatic rings. The van der Waals surface area contributed by atoms with Gasteiger partial charge in [0.25, 0.3) is 5.91 Å². The van der Waals surface area contributed by atoms with Crippen LogP contribution in [0, 0.1) is 13.8 Å². The molecule has 0 spiro atoms. The maximum atomic E-state index is 11.1. The van der Waals surface area contributed by atoms with Gasteiger partial charge in [0.2, 0.25) is 5.82 Å². The van der Waals surface area contributed by atoms with Crippen molar-refractivity contribution in [1.82, 2.24) is 25.0 Å². The lowest BCUT2D eigenvalue weighted by Gasteiger charge is -2.33. The van der Waals surface area contributed by atoms with Crippen molar-refractivity contribution in [3.05, 3.63) is 29.5 Å². The Morgan fingerprint density at radius 1 is 1.36 bits per heavy atom. The first-order valence-corrected chi connectivity index (χ1v) is 7.31. The van der Waals surface area contributed by atoms with Crippen LogP contribution in [0.2, 0.25) is 0 Å². The van der Waals surface area contributed by atoms with E-state index in [4.69, 9.17) is 5.73 Å². The van der Waals surface area contributed by atoms with Crippen LogP contribution >= 0.6 is 0 Å². The predicted octanol–water partition coefficient (Wildman–Crippen LogP) is 0.625. The average molecular weight is 301 g/mol. The first-order chi connectivity index (χ1) is 10.5. The minimum atomic E-state index is -0.605. The quantitative estimate of drug-likeness (QED) is 0.891. The van der Waals surface area contributed by atoms with Crippen LogP contribution in [-0.4, -0.2) is 44.0 Å². The molecule has 2 aromatic heterocycles. The Morgan fingerprint density at radius 2 is 2.18 bits per heavy atom. The Morgan fingerprint density at radius 3 is 2.86 bits per heavy atom. The van der Waals surface area contributed by atoms with Crippen LogP contribution in [0.25, 0.3) is 0 Å². The Hall–Kier alpha value is -2.51. The molecule has 0 unspecified atom stereocenters. The molecule has 0 bridgehead atoms. The van der Waals surface area contributed by atoms with Gasteiger partial charge in [-0.05, 0) is 38.3 Å². The third-order valence-corrected chi connectivity index (χ3v) is 4.04. The molecule has 0 aromatic carbocycles. The lowest BCUT2D eigenvalue weighted by Crippen LogP contribution is -2.37. The van der Waals surface area contributed by atoms with Gasteiger partial charge in [0, 0.05) is 13.1 Å². The summed E-state index contributed by atoms with van der Waals surface area (Å²) in [5, 5.41) is 12.6. The molecule has 8 heteroatoms. The summed E-state index contributed by atoms with van der Waals surface area (Å²) in [6.45, 7) is 5.68. The number of anilines is 1. The van der Waals surface area contributed by atoms with E-state index in [0.29, 0.717) is 0 Å². The maximum absolute atomic E-state index is 11.1. The van der Waals surface area contributed by atoms with E-state index in [1.165, 1.54) is 0 Å². The van der Waals surface area contributed by atoms with Gasteiger partial charge in [-0.3, -0.25) is 4.79 Å². The Kier molecular flexibility index (Phi) is 3.74. The second-order valence-corrected chi connectivity index (χ2v) is 5.63. The van der Waals surface area contributed by atoms with Crippen molar-refractivity contribution in [2.45, 2.75) is 32.7 Å². The number of aryl methyl sites for hydroxylation is 2. The van der Waals surface area contributed by atoms with E-state index in [-0.39, 0.29) is 11.9 Å². The van der Waals surface area contributed by atoms with Crippen LogP contribution < -0.4 is 10.6 Å². The van der Waals surface area contributed by atoms with Gasteiger partial charge < -0.3 is 10.6 Å². The first-order valence-electron chi connectivity index (χ1n) is 7.31. The second-order valence-electron chi connectivity index (χ2n) is 5.63. The minimum Gasteiger partial charge on any atom is -0.363 e. The molecule has 3 rings (SSSR count). The molecule has 2 aromatic rings. The topological polar surface area (TPSA) is 103 Å². The van der Waals surface area contributed by atoms with Crippen molar-refractivity contribution in [3.63, 3.8) is 0 Å². The Labute approximate surface area is 128 Å². The first kappa shape index (κ1) is 14.4. The van der Waals surface area contributed by atoms with Gasteiger partial charge in [0.15, 0.2) is 5.82 Å². The van der Waals surface area contributed by atoms with Gasteiger partial charge in [-0.1, -0.05) is 0 Å². The molecular weight excluding hydrogens is 282 g/mol. The van der Waals surface area contributed by atoms with E-state index in [9.17, 15) is 4.79 Å². The number of hydrogen-bond donors (Lipinski definition) is 1. The number of hydrogen-bond acceptors (Lipinski definition) is 6. The average Bonchev–Trinajstić information content (AvgIpc) is 3.00. The van der Waals surface area contributed by atoms with Crippen molar-refractivity contribution in [2.24, 2.45) is 5.73 Å². The fraction of sp³-hybridized carbons (Fsp3) is 0.500. The fourth-order valence-corrected chi connectivity index (χ4v) is 2.63. The molecule has 22 heavy (non-hydrogen) atoms. The third-order valence-electron chi connectivity index (χ3n) is 4.04. The summed E-state index contributed by atoms with van der Waals surface area (Å²) in [7, 11) is 0. The number of nitrogens with zero attached hydrogens (tertiary/aromatic N) is 6. The van der Waals surface area contributed by atoms with Crippen molar-refractivity contribution < 1.29 is 4.79 Å². The number of primary amides is 1. The summed E-state index contributed by atoms with van der Waals surface area (Å²) in [5.41, 5.74) is 7.27. The second kappa shape index (κ2) is 5.70. The molecule has 2 N–H and O–H groups in total. The highest BCUT2D eigenvalue weighted by atomic mass is 16.1. The highest BCUT2D eigenvalue weighted by molar-refractivity contribution is 5.88. The highest BCUT2D eigenvalue weighted by Crippen LogP contribution is 2.24. The van der Waals surface area contributed by atoms with E-state index in [0.717, 1.165) is 43.0 Å². The molecule has 0 radical (unpaired) electrons. The van der Waals surface area contributed by atoms with E-state index < -0.39 is 5.91 Å². The zero-order chi connectivity index (χ0) is 15.7. The lowest BCUT2D eigenvalue weighted by molar-refractivity contribution is 0.0990. The minimum absolute atomic E-state index is 0.0584. The maximum Gasteiger partial charge on any atom is 0.288 e. The highest BCUT2D eigenvalue weighted by Gasteiger charge is 2.24. The van der Waals surface area contributed by atoms with Gasteiger partial charge in [-0.2, -0.15) is 5.10 Å².